The molecule has 0 aliphatic carbocycles. The predicted octanol–water partition coefficient (Wildman–Crippen LogP) is 0.667. The maximum absolute atomic E-state index is 9.71. The van der Waals surface area contributed by atoms with E-state index in [4.69, 9.17) is 10.5 Å². The highest BCUT2D eigenvalue weighted by Gasteiger charge is 1.80. The second-order valence-electron chi connectivity index (χ2n) is 1.18. The molecule has 0 saturated heterocycles. The highest BCUT2D eigenvalue weighted by Crippen LogP contribution is 1.75. The first-order valence-electron chi connectivity index (χ1n) is 2.15. The third-order valence-electron chi connectivity index (χ3n) is 0.514. The van der Waals surface area contributed by atoms with Gasteiger partial charge in [0.25, 0.3) is 0 Å². The van der Waals surface area contributed by atoms with Crippen LogP contribution in [0.2, 0.25) is 0 Å². The molecule has 8 heavy (non-hydrogen) atoms. The average molecular weight is 113 g/mol. The van der Waals surface area contributed by atoms with E-state index in [1.165, 1.54) is 6.08 Å². The van der Waals surface area contributed by atoms with E-state index in [0.717, 1.165) is 12.3 Å². The second kappa shape index (κ2) is 4.05. The molecule has 0 fully saturated rings. The fourth-order valence-corrected chi connectivity index (χ4v) is 0.237. The minimum absolute atomic E-state index is 0.395. The van der Waals surface area contributed by atoms with Gasteiger partial charge in [0, 0.05) is 12.5 Å². The summed E-state index contributed by atoms with van der Waals surface area (Å²) < 4.78 is 0. The minimum Gasteiger partial charge on any atom is -0.478 e. The van der Waals surface area contributed by atoms with Crippen LogP contribution in [0, 0.1) is 5.41 Å². The first-order chi connectivity index (χ1) is 3.77. The second-order valence-corrected chi connectivity index (χ2v) is 1.18. The summed E-state index contributed by atoms with van der Waals surface area (Å²) >= 11 is 0. The van der Waals surface area contributed by atoms with E-state index < -0.39 is 5.97 Å². The third-order valence-corrected chi connectivity index (χ3v) is 0.514. The third kappa shape index (κ3) is 4.88. The lowest BCUT2D eigenvalue weighted by Gasteiger charge is -1.74. The highest BCUT2D eigenvalue weighted by molar-refractivity contribution is 5.80. The highest BCUT2D eigenvalue weighted by atomic mass is 16.4. The number of carbonyl (C=O) groups is 1. The van der Waals surface area contributed by atoms with E-state index >= 15 is 0 Å². The van der Waals surface area contributed by atoms with Gasteiger partial charge in [-0.05, 0) is 6.21 Å². The standard InChI is InChI=1S/C5H7NO2/c6-4-2-1-3-5(7)8/h1,3-4,6H,2H2,(H,7,8). The zero-order valence-electron chi connectivity index (χ0n) is 4.29. The van der Waals surface area contributed by atoms with Crippen LogP contribution < -0.4 is 0 Å². The summed E-state index contributed by atoms with van der Waals surface area (Å²) in [5.41, 5.74) is 0. The number of carboxylic acid groups (broad SMARTS) is 1. The Morgan fingerprint density at radius 3 is 2.75 bits per heavy atom. The summed E-state index contributed by atoms with van der Waals surface area (Å²) in [4.78, 5) is 9.71. The molecule has 0 aromatic carbocycles. The molecule has 0 atom stereocenters. The lowest BCUT2D eigenvalue weighted by molar-refractivity contribution is -0.131. The molecule has 0 spiro atoms. The summed E-state index contributed by atoms with van der Waals surface area (Å²) in [7, 11) is 0. The average Bonchev–Trinajstić information content (AvgIpc) is 1.66. The Bertz CT molecular complexity index is 118. The van der Waals surface area contributed by atoms with Gasteiger partial charge in [0.05, 0.1) is 0 Å². The Hall–Kier alpha value is -1.12. The molecular weight excluding hydrogens is 106 g/mol. The van der Waals surface area contributed by atoms with Gasteiger partial charge in [-0.1, -0.05) is 6.08 Å². The number of carboxylic acids is 1. The normalized spacial score (nSPS) is 9.50. The molecule has 0 bridgehead atoms. The van der Waals surface area contributed by atoms with Crippen molar-refractivity contribution in [2.75, 3.05) is 0 Å². The topological polar surface area (TPSA) is 61.2 Å². The van der Waals surface area contributed by atoms with Crippen molar-refractivity contribution in [2.45, 2.75) is 6.42 Å². The SMILES string of the molecule is N=CCC=CC(=O)O. The summed E-state index contributed by atoms with van der Waals surface area (Å²) in [6.07, 6.45) is 3.96. The van der Waals surface area contributed by atoms with Gasteiger partial charge in [-0.25, -0.2) is 4.79 Å². The van der Waals surface area contributed by atoms with Gasteiger partial charge in [0.1, 0.15) is 0 Å². The molecule has 0 aromatic rings. The van der Waals surface area contributed by atoms with Crippen LogP contribution in [-0.2, 0) is 4.79 Å². The maximum atomic E-state index is 9.71. The Kier molecular flexibility index (Phi) is 3.48. The minimum atomic E-state index is -0.966. The number of rotatable bonds is 3. The number of aliphatic carboxylic acids is 1. The van der Waals surface area contributed by atoms with Crippen molar-refractivity contribution >= 4 is 12.2 Å². The van der Waals surface area contributed by atoms with Crippen molar-refractivity contribution in [3.63, 3.8) is 0 Å². The quantitative estimate of drug-likeness (QED) is 0.417. The monoisotopic (exact) mass is 113 g/mol. The van der Waals surface area contributed by atoms with Crippen LogP contribution in [0.4, 0.5) is 0 Å². The Balaban J connectivity index is 3.34. The molecule has 3 heteroatoms. The molecule has 44 valence electrons. The van der Waals surface area contributed by atoms with E-state index in [0.29, 0.717) is 6.42 Å². The summed E-state index contributed by atoms with van der Waals surface area (Å²) in [6.45, 7) is 0. The molecule has 3 nitrogen and oxygen atoms in total. The van der Waals surface area contributed by atoms with Crippen molar-refractivity contribution < 1.29 is 9.90 Å². The van der Waals surface area contributed by atoms with E-state index in [1.807, 2.05) is 0 Å². The molecular formula is C5H7NO2. The Morgan fingerprint density at radius 1 is 1.75 bits per heavy atom. The molecule has 0 amide bonds. The van der Waals surface area contributed by atoms with Crippen LogP contribution >= 0.6 is 0 Å². The summed E-state index contributed by atoms with van der Waals surface area (Å²) in [5.74, 6) is -0.966. The first kappa shape index (κ1) is 6.88. The number of hydrogen-bond acceptors (Lipinski definition) is 2. The smallest absolute Gasteiger partial charge is 0.327 e. The lowest BCUT2D eigenvalue weighted by Crippen LogP contribution is -1.85. The van der Waals surface area contributed by atoms with Crippen LogP contribution in [0.25, 0.3) is 0 Å². The molecule has 0 aliphatic rings. The molecule has 2 N–H and O–H groups in total. The van der Waals surface area contributed by atoms with Gasteiger partial charge >= 0.3 is 5.97 Å². The van der Waals surface area contributed by atoms with E-state index in [2.05, 4.69) is 0 Å². The lowest BCUT2D eigenvalue weighted by atomic mass is 10.4. The summed E-state index contributed by atoms with van der Waals surface area (Å²) in [6, 6.07) is 0. The number of hydrogen-bond donors (Lipinski definition) is 2. The largest absolute Gasteiger partial charge is 0.478 e. The molecule has 0 aliphatic heterocycles. The number of nitrogens with one attached hydrogen (secondary N) is 1. The van der Waals surface area contributed by atoms with Crippen molar-refractivity contribution in [3.05, 3.63) is 12.2 Å². The molecule has 0 radical (unpaired) electrons. The van der Waals surface area contributed by atoms with E-state index in [9.17, 15) is 4.79 Å². The zero-order chi connectivity index (χ0) is 6.41. The van der Waals surface area contributed by atoms with Gasteiger partial charge in [0.15, 0.2) is 0 Å². The van der Waals surface area contributed by atoms with E-state index in [1.54, 1.807) is 0 Å². The fraction of sp³-hybridized carbons (Fsp3) is 0.200. The molecule has 0 heterocycles. The van der Waals surface area contributed by atoms with E-state index in [-0.39, 0.29) is 0 Å². The number of allylic oxidation sites excluding steroid dienone is 1. The molecule has 0 unspecified atom stereocenters. The van der Waals surface area contributed by atoms with Crippen LogP contribution in [0.3, 0.4) is 0 Å². The van der Waals surface area contributed by atoms with Gasteiger partial charge in [-0.3, -0.25) is 0 Å². The van der Waals surface area contributed by atoms with Gasteiger partial charge < -0.3 is 10.5 Å². The van der Waals surface area contributed by atoms with Crippen molar-refractivity contribution in [3.8, 4) is 0 Å². The molecule has 0 aromatic heterocycles. The van der Waals surface area contributed by atoms with Crippen LogP contribution in [0.15, 0.2) is 12.2 Å². The fourth-order valence-electron chi connectivity index (χ4n) is 0.237. The van der Waals surface area contributed by atoms with Gasteiger partial charge in [-0.15, -0.1) is 0 Å². The molecule has 0 rings (SSSR count). The predicted molar refractivity (Wildman–Crippen MR) is 30.2 cm³/mol. The van der Waals surface area contributed by atoms with Gasteiger partial charge in [0.2, 0.25) is 0 Å². The summed E-state index contributed by atoms with van der Waals surface area (Å²) in [5, 5.41) is 14.5. The Morgan fingerprint density at radius 2 is 2.38 bits per heavy atom. The first-order valence-corrected chi connectivity index (χ1v) is 2.15. The van der Waals surface area contributed by atoms with Crippen LogP contribution in [0.1, 0.15) is 6.42 Å². The van der Waals surface area contributed by atoms with Gasteiger partial charge in [-0.2, -0.15) is 0 Å². The van der Waals surface area contributed by atoms with Crippen LogP contribution in [-0.4, -0.2) is 17.3 Å². The maximum Gasteiger partial charge on any atom is 0.327 e. The van der Waals surface area contributed by atoms with Crippen molar-refractivity contribution in [1.82, 2.24) is 0 Å². The van der Waals surface area contributed by atoms with Crippen LogP contribution in [0.5, 0.6) is 0 Å². The Labute approximate surface area is 47.2 Å². The zero-order valence-corrected chi connectivity index (χ0v) is 4.29. The van der Waals surface area contributed by atoms with Crippen molar-refractivity contribution in [2.24, 2.45) is 0 Å². The molecule has 0 saturated carbocycles. The van der Waals surface area contributed by atoms with Crippen molar-refractivity contribution in [1.29, 1.82) is 5.41 Å².